The molecule has 1 fully saturated rings. The van der Waals surface area contributed by atoms with Crippen LogP contribution in [-0.2, 0) is 0 Å². The van der Waals surface area contributed by atoms with Gasteiger partial charge in [0.15, 0.2) is 0 Å². The van der Waals surface area contributed by atoms with E-state index in [-0.39, 0.29) is 6.10 Å². The zero-order valence-electron chi connectivity index (χ0n) is 13.1. The van der Waals surface area contributed by atoms with Crippen molar-refractivity contribution < 1.29 is 5.11 Å². The molecule has 1 heterocycles. The topological polar surface area (TPSA) is 35.5 Å². The second kappa shape index (κ2) is 8.28. The van der Waals surface area contributed by atoms with Crippen molar-refractivity contribution in [1.82, 2.24) is 10.2 Å². The van der Waals surface area contributed by atoms with Crippen LogP contribution in [0.15, 0.2) is 28.7 Å². The molecule has 3 nitrogen and oxygen atoms in total. The van der Waals surface area contributed by atoms with Gasteiger partial charge in [0.25, 0.3) is 0 Å². The summed E-state index contributed by atoms with van der Waals surface area (Å²) in [5, 5.41) is 13.1. The molecular formula is C17H27BrN2O. The molecule has 1 aliphatic heterocycles. The van der Waals surface area contributed by atoms with E-state index in [9.17, 15) is 5.11 Å². The lowest BCUT2D eigenvalue weighted by Crippen LogP contribution is -2.38. The van der Waals surface area contributed by atoms with Crippen LogP contribution in [0.5, 0.6) is 0 Å². The minimum Gasteiger partial charge on any atom is -0.393 e. The second-order valence-electron chi connectivity index (χ2n) is 6.10. The highest BCUT2D eigenvalue weighted by molar-refractivity contribution is 9.10. The monoisotopic (exact) mass is 354 g/mol. The number of aliphatic hydroxyl groups excluding tert-OH is 1. The van der Waals surface area contributed by atoms with Gasteiger partial charge in [0, 0.05) is 10.5 Å². The Hall–Kier alpha value is -0.420. The third-order valence-electron chi connectivity index (χ3n) is 4.67. The molecule has 0 bridgehead atoms. The first kappa shape index (κ1) is 16.9. The third-order valence-corrected chi connectivity index (χ3v) is 5.20. The molecule has 0 radical (unpaired) electrons. The van der Waals surface area contributed by atoms with Gasteiger partial charge in [0.1, 0.15) is 0 Å². The molecule has 21 heavy (non-hydrogen) atoms. The SMILES string of the molecule is CNC(CCN1CCC(C(C)O)CC1)c1ccc(Br)cc1. The van der Waals surface area contributed by atoms with Gasteiger partial charge in [0.05, 0.1) is 6.10 Å². The number of nitrogens with zero attached hydrogens (tertiary/aromatic N) is 1. The summed E-state index contributed by atoms with van der Waals surface area (Å²) >= 11 is 3.49. The van der Waals surface area contributed by atoms with Gasteiger partial charge in [-0.3, -0.25) is 0 Å². The lowest BCUT2D eigenvalue weighted by molar-refractivity contribution is 0.0706. The van der Waals surface area contributed by atoms with Crippen LogP contribution < -0.4 is 5.32 Å². The van der Waals surface area contributed by atoms with Gasteiger partial charge in [-0.2, -0.15) is 0 Å². The summed E-state index contributed by atoms with van der Waals surface area (Å²) in [6.07, 6.45) is 3.22. The largest absolute Gasteiger partial charge is 0.393 e. The van der Waals surface area contributed by atoms with E-state index in [0.717, 1.165) is 43.4 Å². The normalized spacial score (nSPS) is 20.4. The quantitative estimate of drug-likeness (QED) is 0.823. The van der Waals surface area contributed by atoms with Crippen molar-refractivity contribution in [3.8, 4) is 0 Å². The Morgan fingerprint density at radius 2 is 1.90 bits per heavy atom. The molecule has 2 N–H and O–H groups in total. The van der Waals surface area contributed by atoms with E-state index in [1.165, 1.54) is 5.56 Å². The zero-order valence-corrected chi connectivity index (χ0v) is 14.6. The van der Waals surface area contributed by atoms with Gasteiger partial charge in [-0.05, 0) is 76.5 Å². The number of nitrogens with one attached hydrogen (secondary N) is 1. The van der Waals surface area contributed by atoms with Crippen LogP contribution in [0, 0.1) is 5.92 Å². The van der Waals surface area contributed by atoms with Crippen LogP contribution in [0.25, 0.3) is 0 Å². The van der Waals surface area contributed by atoms with Crippen molar-refractivity contribution in [2.75, 3.05) is 26.7 Å². The van der Waals surface area contributed by atoms with Crippen LogP contribution in [0.4, 0.5) is 0 Å². The van der Waals surface area contributed by atoms with Crippen LogP contribution in [0.3, 0.4) is 0 Å². The van der Waals surface area contributed by atoms with Crippen LogP contribution in [-0.4, -0.2) is 42.8 Å². The summed E-state index contributed by atoms with van der Waals surface area (Å²) < 4.78 is 1.13. The molecule has 1 aromatic rings. The average Bonchev–Trinajstić information content (AvgIpc) is 2.50. The fraction of sp³-hybridized carbons (Fsp3) is 0.647. The Morgan fingerprint density at radius 1 is 1.29 bits per heavy atom. The molecule has 0 aromatic heterocycles. The van der Waals surface area contributed by atoms with Crippen molar-refractivity contribution >= 4 is 15.9 Å². The first-order valence-corrected chi connectivity index (χ1v) is 8.72. The number of rotatable bonds is 6. The van der Waals surface area contributed by atoms with Crippen LogP contribution in [0.2, 0.25) is 0 Å². The maximum atomic E-state index is 9.66. The molecule has 2 rings (SSSR count). The lowest BCUT2D eigenvalue weighted by atomic mass is 9.92. The number of benzene rings is 1. The maximum Gasteiger partial charge on any atom is 0.0541 e. The molecule has 2 atom stereocenters. The molecule has 2 unspecified atom stereocenters. The van der Waals surface area contributed by atoms with E-state index in [2.05, 4.69) is 50.4 Å². The summed E-state index contributed by atoms with van der Waals surface area (Å²) in [7, 11) is 2.03. The van der Waals surface area contributed by atoms with Crippen molar-refractivity contribution in [3.05, 3.63) is 34.3 Å². The summed E-state index contributed by atoms with van der Waals surface area (Å²) in [5.74, 6) is 0.493. The third kappa shape index (κ3) is 5.06. The van der Waals surface area contributed by atoms with E-state index in [1.807, 2.05) is 14.0 Å². The highest BCUT2D eigenvalue weighted by Gasteiger charge is 2.22. The number of hydrogen-bond acceptors (Lipinski definition) is 3. The first-order chi connectivity index (χ1) is 10.1. The minimum absolute atomic E-state index is 0.153. The Morgan fingerprint density at radius 3 is 2.43 bits per heavy atom. The van der Waals surface area contributed by atoms with E-state index >= 15 is 0 Å². The highest BCUT2D eigenvalue weighted by Crippen LogP contribution is 2.23. The van der Waals surface area contributed by atoms with Gasteiger partial charge < -0.3 is 15.3 Å². The molecular weight excluding hydrogens is 328 g/mol. The molecule has 1 saturated heterocycles. The van der Waals surface area contributed by atoms with E-state index in [1.54, 1.807) is 0 Å². The minimum atomic E-state index is -0.153. The molecule has 0 saturated carbocycles. The maximum absolute atomic E-state index is 9.66. The summed E-state index contributed by atoms with van der Waals surface area (Å²) in [6.45, 7) is 5.28. The van der Waals surface area contributed by atoms with Crippen LogP contribution in [0.1, 0.15) is 37.8 Å². The summed E-state index contributed by atoms with van der Waals surface area (Å²) in [6, 6.07) is 8.99. The predicted octanol–water partition coefficient (Wildman–Crippen LogP) is 3.19. The molecule has 118 valence electrons. The Bertz CT molecular complexity index is 413. The van der Waals surface area contributed by atoms with Crippen molar-refractivity contribution in [3.63, 3.8) is 0 Å². The smallest absolute Gasteiger partial charge is 0.0541 e. The second-order valence-corrected chi connectivity index (χ2v) is 7.02. The van der Waals surface area contributed by atoms with Gasteiger partial charge in [-0.1, -0.05) is 28.1 Å². The number of piperidine rings is 1. The number of halogens is 1. The van der Waals surface area contributed by atoms with Gasteiger partial charge in [0.2, 0.25) is 0 Å². The standard InChI is InChI=1S/C17H27BrN2O/c1-13(21)14-7-10-20(11-8-14)12-9-17(19-2)15-3-5-16(18)6-4-15/h3-6,13-14,17,19,21H,7-12H2,1-2H3. The Labute approximate surface area is 136 Å². The van der Waals surface area contributed by atoms with Gasteiger partial charge in [-0.15, -0.1) is 0 Å². The van der Waals surface area contributed by atoms with Crippen LogP contribution >= 0.6 is 15.9 Å². The molecule has 0 amide bonds. The first-order valence-electron chi connectivity index (χ1n) is 7.93. The molecule has 1 aliphatic rings. The predicted molar refractivity (Wildman–Crippen MR) is 91.4 cm³/mol. The zero-order chi connectivity index (χ0) is 15.2. The summed E-state index contributed by atoms with van der Waals surface area (Å²) in [5.41, 5.74) is 1.35. The van der Waals surface area contributed by atoms with E-state index < -0.39 is 0 Å². The molecule has 1 aromatic carbocycles. The highest BCUT2D eigenvalue weighted by atomic mass is 79.9. The van der Waals surface area contributed by atoms with Crippen molar-refractivity contribution in [2.45, 2.75) is 38.3 Å². The van der Waals surface area contributed by atoms with E-state index in [0.29, 0.717) is 12.0 Å². The van der Waals surface area contributed by atoms with Gasteiger partial charge in [-0.25, -0.2) is 0 Å². The average molecular weight is 355 g/mol. The molecule has 4 heteroatoms. The van der Waals surface area contributed by atoms with E-state index in [4.69, 9.17) is 0 Å². The number of aliphatic hydroxyl groups is 1. The lowest BCUT2D eigenvalue weighted by Gasteiger charge is -2.34. The van der Waals surface area contributed by atoms with Gasteiger partial charge >= 0.3 is 0 Å². The fourth-order valence-electron chi connectivity index (χ4n) is 3.14. The Balaban J connectivity index is 1.80. The number of hydrogen-bond donors (Lipinski definition) is 2. The fourth-order valence-corrected chi connectivity index (χ4v) is 3.41. The summed E-state index contributed by atoms with van der Waals surface area (Å²) in [4.78, 5) is 2.53. The van der Waals surface area contributed by atoms with Crippen molar-refractivity contribution in [1.29, 1.82) is 0 Å². The molecule has 0 spiro atoms. The number of likely N-dealkylation sites (tertiary alicyclic amines) is 1. The van der Waals surface area contributed by atoms with Crippen molar-refractivity contribution in [2.24, 2.45) is 5.92 Å². The Kier molecular flexibility index (Phi) is 6.68. The molecule has 0 aliphatic carbocycles.